The van der Waals surface area contributed by atoms with Gasteiger partial charge < -0.3 is 19.1 Å². The highest BCUT2D eigenvalue weighted by molar-refractivity contribution is 5.81. The number of carbonyl (C=O) groups is 1. The van der Waals surface area contributed by atoms with Crippen LogP contribution in [0.3, 0.4) is 0 Å². The lowest BCUT2D eigenvalue weighted by molar-refractivity contribution is -0.130. The van der Waals surface area contributed by atoms with Crippen molar-refractivity contribution in [2.45, 2.75) is 13.0 Å². The summed E-state index contributed by atoms with van der Waals surface area (Å²) in [5, 5.41) is 0. The molecule has 6 nitrogen and oxygen atoms in total. The standard InChI is InChI=1S/C27H27FN4O2/c1-34-24-9-4-20(5-10-24)16-27(33)31-14-12-30(13-15-31)23-8-11-26-25(17-23)29-19-32(26)18-21-2-6-22(28)7-3-21/h2-11,17,19H,12-16,18H2,1H3. The summed E-state index contributed by atoms with van der Waals surface area (Å²) in [6.45, 7) is 3.62. The molecule has 174 valence electrons. The number of hydrogen-bond donors (Lipinski definition) is 0. The molecule has 3 aromatic carbocycles. The average molecular weight is 459 g/mol. The Bertz CT molecular complexity index is 1280. The van der Waals surface area contributed by atoms with Crippen molar-refractivity contribution in [3.8, 4) is 5.75 Å². The van der Waals surface area contributed by atoms with Crippen molar-refractivity contribution in [2.24, 2.45) is 0 Å². The number of amides is 1. The first kappa shape index (κ1) is 21.9. The zero-order valence-corrected chi connectivity index (χ0v) is 19.2. The van der Waals surface area contributed by atoms with E-state index in [9.17, 15) is 9.18 Å². The van der Waals surface area contributed by atoms with Crippen LogP contribution in [0.4, 0.5) is 10.1 Å². The minimum atomic E-state index is -0.230. The molecule has 1 fully saturated rings. The van der Waals surface area contributed by atoms with Gasteiger partial charge in [0.05, 0.1) is 30.9 Å². The van der Waals surface area contributed by atoms with Crippen molar-refractivity contribution >= 4 is 22.6 Å². The molecule has 0 bridgehead atoms. The number of imidazole rings is 1. The van der Waals surface area contributed by atoms with E-state index in [0.717, 1.165) is 46.7 Å². The van der Waals surface area contributed by atoms with E-state index in [1.807, 2.05) is 35.5 Å². The summed E-state index contributed by atoms with van der Waals surface area (Å²) in [4.78, 5) is 21.6. The van der Waals surface area contributed by atoms with Crippen molar-refractivity contribution in [1.29, 1.82) is 0 Å². The number of hydrogen-bond acceptors (Lipinski definition) is 4. The molecular weight excluding hydrogens is 431 g/mol. The van der Waals surface area contributed by atoms with Gasteiger partial charge in [0.25, 0.3) is 0 Å². The third-order valence-corrected chi connectivity index (χ3v) is 6.38. The molecule has 0 N–H and O–H groups in total. The summed E-state index contributed by atoms with van der Waals surface area (Å²) in [7, 11) is 1.64. The van der Waals surface area contributed by atoms with Gasteiger partial charge in [0.1, 0.15) is 11.6 Å². The van der Waals surface area contributed by atoms with Crippen LogP contribution in [0.5, 0.6) is 5.75 Å². The molecule has 0 spiro atoms. The van der Waals surface area contributed by atoms with Crippen molar-refractivity contribution in [3.05, 3.63) is 90.0 Å². The van der Waals surface area contributed by atoms with E-state index < -0.39 is 0 Å². The number of ether oxygens (including phenoxy) is 1. The van der Waals surface area contributed by atoms with Gasteiger partial charge in [-0.1, -0.05) is 24.3 Å². The first-order chi connectivity index (χ1) is 16.6. The lowest BCUT2D eigenvalue weighted by atomic mass is 10.1. The van der Waals surface area contributed by atoms with Gasteiger partial charge in [-0.3, -0.25) is 4.79 Å². The largest absolute Gasteiger partial charge is 0.497 e. The minimum absolute atomic E-state index is 0.153. The molecule has 4 aromatic rings. The Labute approximate surface area is 198 Å². The molecule has 1 amide bonds. The number of piperazine rings is 1. The zero-order chi connectivity index (χ0) is 23.5. The van der Waals surface area contributed by atoms with Gasteiger partial charge in [-0.15, -0.1) is 0 Å². The number of fused-ring (bicyclic) bond motifs is 1. The fraction of sp³-hybridized carbons (Fsp3) is 0.259. The van der Waals surface area contributed by atoms with E-state index in [0.29, 0.717) is 26.1 Å². The molecule has 1 aromatic heterocycles. The van der Waals surface area contributed by atoms with Crippen LogP contribution >= 0.6 is 0 Å². The zero-order valence-electron chi connectivity index (χ0n) is 19.2. The molecule has 0 radical (unpaired) electrons. The highest BCUT2D eigenvalue weighted by Gasteiger charge is 2.22. The van der Waals surface area contributed by atoms with Gasteiger partial charge >= 0.3 is 0 Å². The molecule has 34 heavy (non-hydrogen) atoms. The van der Waals surface area contributed by atoms with Crippen LogP contribution in [-0.4, -0.2) is 53.6 Å². The van der Waals surface area contributed by atoms with E-state index in [4.69, 9.17) is 4.74 Å². The maximum Gasteiger partial charge on any atom is 0.227 e. The summed E-state index contributed by atoms with van der Waals surface area (Å²) in [5.41, 5.74) is 5.11. The van der Waals surface area contributed by atoms with Crippen LogP contribution < -0.4 is 9.64 Å². The van der Waals surface area contributed by atoms with Crippen LogP contribution in [0.2, 0.25) is 0 Å². The van der Waals surface area contributed by atoms with Gasteiger partial charge in [-0.2, -0.15) is 0 Å². The van der Waals surface area contributed by atoms with E-state index >= 15 is 0 Å². The number of carbonyl (C=O) groups excluding carboxylic acids is 1. The third-order valence-electron chi connectivity index (χ3n) is 6.38. The SMILES string of the molecule is COc1ccc(CC(=O)N2CCN(c3ccc4c(c3)ncn4Cc3ccc(F)cc3)CC2)cc1. The van der Waals surface area contributed by atoms with E-state index in [-0.39, 0.29) is 11.7 Å². The molecule has 0 saturated carbocycles. The lowest BCUT2D eigenvalue weighted by Crippen LogP contribution is -2.49. The second kappa shape index (κ2) is 9.55. The summed E-state index contributed by atoms with van der Waals surface area (Å²) in [6.07, 6.45) is 2.23. The molecule has 5 rings (SSSR count). The van der Waals surface area contributed by atoms with Crippen LogP contribution in [0.1, 0.15) is 11.1 Å². The van der Waals surface area contributed by atoms with Crippen LogP contribution in [0.25, 0.3) is 11.0 Å². The van der Waals surface area contributed by atoms with Crippen molar-refractivity contribution in [3.63, 3.8) is 0 Å². The average Bonchev–Trinajstić information content (AvgIpc) is 3.28. The topological polar surface area (TPSA) is 50.6 Å². The number of aromatic nitrogens is 2. The second-order valence-corrected chi connectivity index (χ2v) is 8.56. The highest BCUT2D eigenvalue weighted by atomic mass is 19.1. The molecule has 0 unspecified atom stereocenters. The Morgan fingerprint density at radius 2 is 1.65 bits per heavy atom. The number of methoxy groups -OCH3 is 1. The van der Waals surface area contributed by atoms with E-state index in [1.165, 1.54) is 12.1 Å². The van der Waals surface area contributed by atoms with Gasteiger partial charge in [0.2, 0.25) is 5.91 Å². The molecule has 0 aliphatic carbocycles. The fourth-order valence-electron chi connectivity index (χ4n) is 4.41. The Kier molecular flexibility index (Phi) is 6.16. The molecule has 1 aliphatic heterocycles. The summed E-state index contributed by atoms with van der Waals surface area (Å²) >= 11 is 0. The normalized spacial score (nSPS) is 13.9. The Morgan fingerprint density at radius 3 is 2.35 bits per heavy atom. The summed E-state index contributed by atoms with van der Waals surface area (Å²) in [5.74, 6) is 0.716. The minimum Gasteiger partial charge on any atom is -0.497 e. The molecule has 7 heteroatoms. The summed E-state index contributed by atoms with van der Waals surface area (Å²) < 4.78 is 20.4. The van der Waals surface area contributed by atoms with Crippen molar-refractivity contribution < 1.29 is 13.9 Å². The van der Waals surface area contributed by atoms with Gasteiger partial charge in [0.15, 0.2) is 0 Å². The Morgan fingerprint density at radius 1 is 0.941 bits per heavy atom. The third kappa shape index (κ3) is 4.73. The molecule has 1 aliphatic rings. The maximum absolute atomic E-state index is 13.2. The van der Waals surface area contributed by atoms with Crippen LogP contribution in [0, 0.1) is 5.82 Å². The number of anilines is 1. The Balaban J connectivity index is 1.20. The predicted octanol–water partition coefficient (Wildman–Crippen LogP) is 4.12. The van der Waals surface area contributed by atoms with Gasteiger partial charge in [-0.25, -0.2) is 9.37 Å². The van der Waals surface area contributed by atoms with E-state index in [2.05, 4.69) is 32.7 Å². The highest BCUT2D eigenvalue weighted by Crippen LogP contribution is 2.24. The summed E-state index contributed by atoms with van der Waals surface area (Å²) in [6, 6.07) is 20.5. The predicted molar refractivity (Wildman–Crippen MR) is 131 cm³/mol. The molecular formula is C27H27FN4O2. The number of halogens is 1. The fourth-order valence-corrected chi connectivity index (χ4v) is 4.41. The monoisotopic (exact) mass is 458 g/mol. The molecule has 1 saturated heterocycles. The van der Waals surface area contributed by atoms with Gasteiger partial charge in [0, 0.05) is 38.4 Å². The number of rotatable bonds is 6. The van der Waals surface area contributed by atoms with Crippen molar-refractivity contribution in [1.82, 2.24) is 14.5 Å². The smallest absolute Gasteiger partial charge is 0.227 e. The van der Waals surface area contributed by atoms with E-state index in [1.54, 1.807) is 19.2 Å². The number of benzene rings is 3. The maximum atomic E-state index is 13.2. The first-order valence-corrected chi connectivity index (χ1v) is 11.4. The molecule has 2 heterocycles. The van der Waals surface area contributed by atoms with Gasteiger partial charge in [-0.05, 0) is 53.6 Å². The van der Waals surface area contributed by atoms with Crippen LogP contribution in [-0.2, 0) is 17.8 Å². The lowest BCUT2D eigenvalue weighted by Gasteiger charge is -2.36. The molecule has 0 atom stereocenters. The quantitative estimate of drug-likeness (QED) is 0.436. The first-order valence-electron chi connectivity index (χ1n) is 11.4. The Hall–Kier alpha value is -3.87. The second-order valence-electron chi connectivity index (χ2n) is 8.56. The van der Waals surface area contributed by atoms with Crippen molar-refractivity contribution in [2.75, 3.05) is 38.2 Å². The van der Waals surface area contributed by atoms with Crippen LogP contribution in [0.15, 0.2) is 73.1 Å². The number of nitrogens with zero attached hydrogens (tertiary/aromatic N) is 4.